The highest BCUT2D eigenvalue weighted by Gasteiger charge is 2.56. The summed E-state index contributed by atoms with van der Waals surface area (Å²) in [6.45, 7) is 0. The van der Waals surface area contributed by atoms with Crippen molar-refractivity contribution in [2.24, 2.45) is 5.73 Å². The summed E-state index contributed by atoms with van der Waals surface area (Å²) in [6.07, 6.45) is -0.610. The average Bonchev–Trinajstić information content (AvgIpc) is 2.14. The summed E-state index contributed by atoms with van der Waals surface area (Å²) in [5.41, 5.74) is 5.65. The Kier molecular flexibility index (Phi) is 2.19. The molecule has 1 aliphatic carbocycles. The number of ether oxygens (including phenoxy) is 1. The van der Waals surface area contributed by atoms with Crippen LogP contribution in [0, 0.1) is 0 Å². The summed E-state index contributed by atoms with van der Waals surface area (Å²) in [4.78, 5) is 0. The van der Waals surface area contributed by atoms with E-state index in [1.807, 2.05) is 0 Å². The average molecular weight is 213 g/mol. The molecule has 0 atom stereocenters. The maximum absolute atomic E-state index is 12.8. The quantitative estimate of drug-likeness (QED) is 0.818. The van der Waals surface area contributed by atoms with E-state index in [0.29, 0.717) is 11.3 Å². The second kappa shape index (κ2) is 3.17. The van der Waals surface area contributed by atoms with Crippen LogP contribution in [0.15, 0.2) is 24.3 Å². The SMILES string of the molecule is COc1ccccc1C1(N)CC(F)(F)C1. The van der Waals surface area contributed by atoms with Crippen molar-refractivity contribution >= 4 is 0 Å². The standard InChI is InChI=1S/C11H13F2NO/c1-15-9-5-3-2-4-8(9)10(14)6-11(12,13)7-10/h2-5H,6-7,14H2,1H3. The lowest BCUT2D eigenvalue weighted by molar-refractivity contribution is -0.125. The summed E-state index contributed by atoms with van der Waals surface area (Å²) in [5.74, 6) is -2.05. The molecule has 4 heteroatoms. The van der Waals surface area contributed by atoms with Crippen LogP contribution in [0.25, 0.3) is 0 Å². The lowest BCUT2D eigenvalue weighted by Gasteiger charge is -2.45. The molecule has 0 radical (unpaired) electrons. The highest BCUT2D eigenvalue weighted by atomic mass is 19.3. The predicted octanol–water partition coefficient (Wildman–Crippen LogP) is 2.28. The molecule has 82 valence electrons. The third-order valence-electron chi connectivity index (χ3n) is 2.79. The Bertz CT molecular complexity index is 371. The Hall–Kier alpha value is -1.16. The summed E-state index contributed by atoms with van der Waals surface area (Å²) in [6, 6.07) is 7.06. The van der Waals surface area contributed by atoms with E-state index in [1.165, 1.54) is 7.11 Å². The molecule has 1 saturated carbocycles. The minimum Gasteiger partial charge on any atom is -0.496 e. The van der Waals surface area contributed by atoms with Gasteiger partial charge in [-0.2, -0.15) is 0 Å². The van der Waals surface area contributed by atoms with E-state index in [9.17, 15) is 8.78 Å². The Balaban J connectivity index is 2.31. The van der Waals surface area contributed by atoms with Gasteiger partial charge in [-0.25, -0.2) is 8.78 Å². The largest absolute Gasteiger partial charge is 0.496 e. The minimum atomic E-state index is -2.63. The molecule has 1 aliphatic rings. The maximum atomic E-state index is 12.8. The minimum absolute atomic E-state index is 0.305. The van der Waals surface area contributed by atoms with Crippen LogP contribution < -0.4 is 10.5 Å². The molecule has 0 aliphatic heterocycles. The first-order chi connectivity index (χ1) is 6.97. The van der Waals surface area contributed by atoms with Gasteiger partial charge in [-0.15, -0.1) is 0 Å². The first kappa shape index (κ1) is 10.4. The number of hydrogen-bond donors (Lipinski definition) is 1. The molecule has 0 bridgehead atoms. The predicted molar refractivity (Wildman–Crippen MR) is 53.0 cm³/mol. The van der Waals surface area contributed by atoms with Crippen molar-refractivity contribution in [1.82, 2.24) is 0 Å². The van der Waals surface area contributed by atoms with E-state index >= 15 is 0 Å². The molecule has 0 unspecified atom stereocenters. The lowest BCUT2D eigenvalue weighted by atomic mass is 9.69. The summed E-state index contributed by atoms with van der Waals surface area (Å²) >= 11 is 0. The second-order valence-electron chi connectivity index (χ2n) is 4.07. The van der Waals surface area contributed by atoms with Gasteiger partial charge in [0.1, 0.15) is 5.75 Å². The fourth-order valence-electron chi connectivity index (χ4n) is 2.12. The maximum Gasteiger partial charge on any atom is 0.252 e. The third-order valence-corrected chi connectivity index (χ3v) is 2.79. The molecule has 0 aromatic heterocycles. The molecule has 15 heavy (non-hydrogen) atoms. The normalized spacial score (nSPS) is 21.9. The summed E-state index contributed by atoms with van der Waals surface area (Å²) in [7, 11) is 1.51. The van der Waals surface area contributed by atoms with Gasteiger partial charge in [-0.05, 0) is 6.07 Å². The lowest BCUT2D eigenvalue weighted by Crippen LogP contribution is -2.55. The van der Waals surface area contributed by atoms with Crippen molar-refractivity contribution in [3.63, 3.8) is 0 Å². The summed E-state index contributed by atoms with van der Waals surface area (Å²) in [5, 5.41) is 0. The van der Waals surface area contributed by atoms with Crippen LogP contribution in [0.5, 0.6) is 5.75 Å². The zero-order valence-corrected chi connectivity index (χ0v) is 8.47. The Labute approximate surface area is 87.0 Å². The van der Waals surface area contributed by atoms with Gasteiger partial charge in [0.05, 0.1) is 12.6 Å². The van der Waals surface area contributed by atoms with E-state index in [4.69, 9.17) is 10.5 Å². The number of methoxy groups -OCH3 is 1. The van der Waals surface area contributed by atoms with Gasteiger partial charge in [0, 0.05) is 18.4 Å². The number of halogens is 2. The molecule has 0 spiro atoms. The van der Waals surface area contributed by atoms with Gasteiger partial charge in [-0.1, -0.05) is 18.2 Å². The van der Waals surface area contributed by atoms with Crippen LogP contribution in [0.3, 0.4) is 0 Å². The molecular formula is C11H13F2NO. The third kappa shape index (κ3) is 1.69. The summed E-state index contributed by atoms with van der Waals surface area (Å²) < 4.78 is 30.8. The van der Waals surface area contributed by atoms with E-state index in [0.717, 1.165) is 0 Å². The Morgan fingerprint density at radius 1 is 1.27 bits per heavy atom. The number of benzene rings is 1. The first-order valence-corrected chi connectivity index (χ1v) is 4.77. The van der Waals surface area contributed by atoms with Gasteiger partial charge in [-0.3, -0.25) is 0 Å². The molecule has 1 aromatic rings. The number of nitrogens with two attached hydrogens (primary N) is 1. The topological polar surface area (TPSA) is 35.2 Å². The highest BCUT2D eigenvalue weighted by molar-refractivity contribution is 5.41. The van der Waals surface area contributed by atoms with Crippen LogP contribution in [-0.4, -0.2) is 13.0 Å². The second-order valence-corrected chi connectivity index (χ2v) is 4.07. The Morgan fingerprint density at radius 2 is 1.87 bits per heavy atom. The van der Waals surface area contributed by atoms with Crippen molar-refractivity contribution in [2.45, 2.75) is 24.3 Å². The zero-order chi connectivity index (χ0) is 11.1. The fourth-order valence-corrected chi connectivity index (χ4v) is 2.12. The van der Waals surface area contributed by atoms with Crippen molar-refractivity contribution in [2.75, 3.05) is 7.11 Å². The van der Waals surface area contributed by atoms with E-state index in [2.05, 4.69) is 0 Å². The molecule has 2 N–H and O–H groups in total. The van der Waals surface area contributed by atoms with Crippen LogP contribution in [0.2, 0.25) is 0 Å². The molecular weight excluding hydrogens is 200 g/mol. The molecule has 0 saturated heterocycles. The van der Waals surface area contributed by atoms with Crippen LogP contribution in [0.4, 0.5) is 8.78 Å². The molecule has 2 rings (SSSR count). The van der Waals surface area contributed by atoms with Gasteiger partial charge in [0.25, 0.3) is 5.92 Å². The molecule has 0 heterocycles. The number of alkyl halides is 2. The highest BCUT2D eigenvalue weighted by Crippen LogP contribution is 2.51. The van der Waals surface area contributed by atoms with Gasteiger partial charge >= 0.3 is 0 Å². The van der Waals surface area contributed by atoms with Crippen LogP contribution >= 0.6 is 0 Å². The van der Waals surface area contributed by atoms with Crippen molar-refractivity contribution in [3.05, 3.63) is 29.8 Å². The van der Waals surface area contributed by atoms with E-state index in [1.54, 1.807) is 24.3 Å². The van der Waals surface area contributed by atoms with Crippen molar-refractivity contribution in [1.29, 1.82) is 0 Å². The van der Waals surface area contributed by atoms with E-state index < -0.39 is 11.5 Å². The molecule has 1 aromatic carbocycles. The van der Waals surface area contributed by atoms with E-state index in [-0.39, 0.29) is 12.8 Å². The number of hydrogen-bond acceptors (Lipinski definition) is 2. The molecule has 2 nitrogen and oxygen atoms in total. The smallest absolute Gasteiger partial charge is 0.252 e. The van der Waals surface area contributed by atoms with Gasteiger partial charge in [0.15, 0.2) is 0 Å². The number of para-hydroxylation sites is 1. The van der Waals surface area contributed by atoms with Gasteiger partial charge in [0.2, 0.25) is 0 Å². The molecule has 1 fully saturated rings. The zero-order valence-electron chi connectivity index (χ0n) is 8.47. The monoisotopic (exact) mass is 213 g/mol. The van der Waals surface area contributed by atoms with Crippen molar-refractivity contribution < 1.29 is 13.5 Å². The van der Waals surface area contributed by atoms with Gasteiger partial charge < -0.3 is 10.5 Å². The Morgan fingerprint density at radius 3 is 2.40 bits per heavy atom. The number of rotatable bonds is 2. The van der Waals surface area contributed by atoms with Crippen LogP contribution in [0.1, 0.15) is 18.4 Å². The molecule has 0 amide bonds. The van der Waals surface area contributed by atoms with Crippen molar-refractivity contribution in [3.8, 4) is 5.75 Å². The first-order valence-electron chi connectivity index (χ1n) is 4.77. The fraction of sp³-hybridized carbons (Fsp3) is 0.455. The van der Waals surface area contributed by atoms with Crippen LogP contribution in [-0.2, 0) is 5.54 Å².